The van der Waals surface area contributed by atoms with Gasteiger partial charge in [-0.1, -0.05) is 41.9 Å². The predicted octanol–water partition coefficient (Wildman–Crippen LogP) is 3.56. The van der Waals surface area contributed by atoms with Crippen LogP contribution in [0.4, 0.5) is 0 Å². The lowest BCUT2D eigenvalue weighted by molar-refractivity contribution is -0.163. The smallest absolute Gasteiger partial charge is 0.165 e. The molecule has 1 aromatic carbocycles. The van der Waals surface area contributed by atoms with E-state index in [9.17, 15) is 0 Å². The summed E-state index contributed by atoms with van der Waals surface area (Å²) in [7, 11) is 0. The van der Waals surface area contributed by atoms with Crippen LogP contribution >= 0.6 is 11.6 Å². The van der Waals surface area contributed by atoms with Crippen molar-refractivity contribution in [3.63, 3.8) is 0 Å². The first-order chi connectivity index (χ1) is 14.5. The molecule has 3 aromatic rings. The van der Waals surface area contributed by atoms with Gasteiger partial charge in [0, 0.05) is 5.92 Å². The van der Waals surface area contributed by atoms with Crippen LogP contribution in [0, 0.1) is 11.8 Å². The van der Waals surface area contributed by atoms with E-state index in [1.54, 1.807) is 0 Å². The van der Waals surface area contributed by atoms with Crippen LogP contribution in [0.3, 0.4) is 0 Å². The average molecular weight is 427 g/mol. The van der Waals surface area contributed by atoms with Crippen molar-refractivity contribution in [2.75, 3.05) is 6.61 Å². The van der Waals surface area contributed by atoms with Gasteiger partial charge in [-0.25, -0.2) is 15.0 Å². The van der Waals surface area contributed by atoms with Crippen molar-refractivity contribution in [2.24, 2.45) is 11.8 Å². The second-order valence-corrected chi connectivity index (χ2v) is 9.30. The third kappa shape index (κ3) is 2.66. The van der Waals surface area contributed by atoms with E-state index < -0.39 is 5.79 Å². The Kier molecular flexibility index (Phi) is 4.03. The Morgan fingerprint density at radius 1 is 1.17 bits per heavy atom. The summed E-state index contributed by atoms with van der Waals surface area (Å²) >= 11 is 6.25. The summed E-state index contributed by atoms with van der Waals surface area (Å²) < 4.78 is 21.1. The van der Waals surface area contributed by atoms with Gasteiger partial charge in [-0.05, 0) is 31.7 Å². The van der Waals surface area contributed by atoms with Crippen molar-refractivity contribution in [3.05, 3.63) is 53.7 Å². The lowest BCUT2D eigenvalue weighted by Crippen LogP contribution is -2.37. The molecule has 0 bridgehead atoms. The number of rotatable bonds is 5. The fourth-order valence-electron chi connectivity index (χ4n) is 5.48. The summed E-state index contributed by atoms with van der Waals surface area (Å²) in [6, 6.07) is 10.2. The zero-order valence-corrected chi connectivity index (χ0v) is 17.6. The normalized spacial score (nSPS) is 33.6. The zero-order chi connectivity index (χ0) is 20.5. The van der Waals surface area contributed by atoms with E-state index in [1.165, 1.54) is 11.9 Å². The maximum Gasteiger partial charge on any atom is 0.165 e. The third-order valence-electron chi connectivity index (χ3n) is 6.75. The van der Waals surface area contributed by atoms with E-state index in [0.717, 1.165) is 12.1 Å². The van der Waals surface area contributed by atoms with Gasteiger partial charge in [-0.15, -0.1) is 0 Å². The largest absolute Gasteiger partial charge is 0.376 e. The number of hydrogen-bond donors (Lipinski definition) is 0. The Balaban J connectivity index is 1.31. The molecule has 8 heteroatoms. The van der Waals surface area contributed by atoms with E-state index in [4.69, 9.17) is 25.8 Å². The van der Waals surface area contributed by atoms with Gasteiger partial charge >= 0.3 is 0 Å². The molecule has 7 nitrogen and oxygen atoms in total. The van der Waals surface area contributed by atoms with E-state index in [1.807, 2.05) is 38.4 Å². The summed E-state index contributed by atoms with van der Waals surface area (Å²) in [5, 5.41) is 0.369. The predicted molar refractivity (Wildman–Crippen MR) is 110 cm³/mol. The molecule has 5 atom stereocenters. The molecular weight excluding hydrogens is 404 g/mol. The maximum atomic E-state index is 6.43. The Labute approximate surface area is 179 Å². The monoisotopic (exact) mass is 426 g/mol. The molecular formula is C22H23ClN4O3. The second-order valence-electron chi connectivity index (χ2n) is 8.94. The van der Waals surface area contributed by atoms with Gasteiger partial charge in [0.25, 0.3) is 0 Å². The van der Waals surface area contributed by atoms with Crippen LogP contribution in [0.15, 0.2) is 43.0 Å². The van der Waals surface area contributed by atoms with Gasteiger partial charge < -0.3 is 18.8 Å². The minimum Gasteiger partial charge on any atom is -0.376 e. The van der Waals surface area contributed by atoms with Crippen LogP contribution in [0.5, 0.6) is 0 Å². The molecule has 0 spiro atoms. The third-order valence-corrected chi connectivity index (χ3v) is 7.03. The van der Waals surface area contributed by atoms with Gasteiger partial charge in [0.15, 0.2) is 16.6 Å². The highest BCUT2D eigenvalue weighted by molar-refractivity contribution is 6.33. The van der Waals surface area contributed by atoms with Crippen molar-refractivity contribution >= 4 is 22.8 Å². The molecule has 6 rings (SSSR count). The van der Waals surface area contributed by atoms with E-state index >= 15 is 0 Å². The number of benzene rings is 1. The quantitative estimate of drug-likeness (QED) is 0.581. The van der Waals surface area contributed by atoms with Crippen LogP contribution in [0.2, 0.25) is 5.15 Å². The number of ether oxygens (including phenoxy) is 3. The van der Waals surface area contributed by atoms with Crippen molar-refractivity contribution in [1.82, 2.24) is 19.5 Å². The SMILES string of the molecule is CC1(C)O[C@@H]2C(COCc3ccccc3)[C@@H]3C[C@@]3(n3cnc4c(Cl)ncnc43)[C@@H]2O1. The summed E-state index contributed by atoms with van der Waals surface area (Å²) in [6.07, 6.45) is 4.20. The van der Waals surface area contributed by atoms with Crippen molar-refractivity contribution in [1.29, 1.82) is 0 Å². The van der Waals surface area contributed by atoms with Crippen molar-refractivity contribution in [3.8, 4) is 0 Å². The minimum absolute atomic E-state index is 0.0238. The molecule has 3 heterocycles. The minimum atomic E-state index is -0.628. The Bertz CT molecular complexity index is 1100. The lowest BCUT2D eigenvalue weighted by atomic mass is 10.0. The molecule has 2 saturated carbocycles. The van der Waals surface area contributed by atoms with Crippen LogP contribution in [-0.2, 0) is 26.4 Å². The topological polar surface area (TPSA) is 71.3 Å². The van der Waals surface area contributed by atoms with Gasteiger partial charge in [0.2, 0.25) is 0 Å². The molecule has 2 aliphatic carbocycles. The van der Waals surface area contributed by atoms with Gasteiger partial charge in [-0.2, -0.15) is 0 Å². The van der Waals surface area contributed by atoms with E-state index in [0.29, 0.717) is 29.8 Å². The highest BCUT2D eigenvalue weighted by atomic mass is 35.5. The number of hydrogen-bond acceptors (Lipinski definition) is 6. The molecule has 30 heavy (non-hydrogen) atoms. The molecule has 1 aliphatic heterocycles. The Hall–Kier alpha value is -2.06. The van der Waals surface area contributed by atoms with Gasteiger partial charge in [-0.3, -0.25) is 0 Å². The summed E-state index contributed by atoms with van der Waals surface area (Å²) in [4.78, 5) is 13.0. The van der Waals surface area contributed by atoms with E-state index in [2.05, 4.69) is 31.7 Å². The molecule has 2 aromatic heterocycles. The second kappa shape index (κ2) is 6.47. The fourth-order valence-corrected chi connectivity index (χ4v) is 5.66. The standard InChI is InChI=1S/C22H23ClN4O3/c1-21(2)29-17-14(10-28-9-13-6-4-3-5-7-13)15-8-22(15,18(17)30-21)27-12-26-16-19(23)24-11-25-20(16)27/h3-7,11-12,14-15,17-18H,8-10H2,1-2H3/t14?,15-,17+,18+,22-/m0/s1. The maximum absolute atomic E-state index is 6.43. The molecule has 1 unspecified atom stereocenters. The van der Waals surface area contributed by atoms with Gasteiger partial charge in [0.05, 0.1) is 31.2 Å². The first-order valence-electron chi connectivity index (χ1n) is 10.3. The molecule has 0 N–H and O–H groups in total. The Morgan fingerprint density at radius 2 is 2.00 bits per heavy atom. The first-order valence-corrected chi connectivity index (χ1v) is 10.7. The number of halogens is 1. The first kappa shape index (κ1) is 18.7. The van der Waals surface area contributed by atoms with Crippen LogP contribution in [-0.4, -0.2) is 44.1 Å². The molecule has 156 valence electrons. The molecule has 1 saturated heterocycles. The van der Waals surface area contributed by atoms with Gasteiger partial charge in [0.1, 0.15) is 17.9 Å². The summed E-state index contributed by atoms with van der Waals surface area (Å²) in [5.41, 5.74) is 2.31. The highest BCUT2D eigenvalue weighted by Gasteiger charge is 2.76. The molecule has 3 aliphatic rings. The highest BCUT2D eigenvalue weighted by Crippen LogP contribution is 2.68. The van der Waals surface area contributed by atoms with E-state index in [-0.39, 0.29) is 23.7 Å². The molecule has 0 amide bonds. The van der Waals surface area contributed by atoms with Crippen LogP contribution < -0.4 is 0 Å². The molecule has 3 fully saturated rings. The molecule has 0 radical (unpaired) electrons. The lowest BCUT2D eigenvalue weighted by Gasteiger charge is -2.25. The summed E-state index contributed by atoms with van der Waals surface area (Å²) in [5.74, 6) is -0.00268. The number of nitrogens with zero attached hydrogens (tertiary/aromatic N) is 4. The number of aromatic nitrogens is 4. The fraction of sp³-hybridized carbons (Fsp3) is 0.500. The van der Waals surface area contributed by atoms with Crippen molar-refractivity contribution < 1.29 is 14.2 Å². The van der Waals surface area contributed by atoms with Crippen LogP contribution in [0.25, 0.3) is 11.2 Å². The van der Waals surface area contributed by atoms with Crippen molar-refractivity contribution in [2.45, 2.75) is 50.4 Å². The van der Waals surface area contributed by atoms with Crippen LogP contribution in [0.1, 0.15) is 25.8 Å². The number of imidazole rings is 1. The zero-order valence-electron chi connectivity index (χ0n) is 16.9. The summed E-state index contributed by atoms with van der Waals surface area (Å²) in [6.45, 7) is 5.17. The number of fused-ring (bicyclic) bond motifs is 4. The average Bonchev–Trinajstić information content (AvgIpc) is 3.01. The Morgan fingerprint density at radius 3 is 2.83 bits per heavy atom.